The molecule has 2 N–H and O–H groups in total. The molecular formula is C33H32O7. The van der Waals surface area contributed by atoms with E-state index in [4.69, 9.17) is 9.47 Å². The molecule has 40 heavy (non-hydrogen) atoms. The Labute approximate surface area is 232 Å². The number of carbonyl (C=O) groups excluding carboxylic acids is 3. The van der Waals surface area contributed by atoms with E-state index in [0.717, 1.165) is 5.56 Å². The summed E-state index contributed by atoms with van der Waals surface area (Å²) in [5, 5.41) is 23.6. The van der Waals surface area contributed by atoms with Crippen LogP contribution in [0.4, 0.5) is 0 Å². The molecule has 0 bridgehead atoms. The van der Waals surface area contributed by atoms with Crippen molar-refractivity contribution in [2.24, 2.45) is 16.7 Å². The Bertz CT molecular complexity index is 1570. The summed E-state index contributed by atoms with van der Waals surface area (Å²) in [5.74, 6) is -5.50. The predicted molar refractivity (Wildman–Crippen MR) is 147 cm³/mol. The van der Waals surface area contributed by atoms with E-state index in [1.165, 1.54) is 0 Å². The predicted octanol–water partition coefficient (Wildman–Crippen LogP) is 5.44. The third-order valence-electron chi connectivity index (χ3n) is 9.14. The molecule has 1 aliphatic carbocycles. The van der Waals surface area contributed by atoms with Crippen molar-refractivity contribution in [3.63, 3.8) is 0 Å². The Morgan fingerprint density at radius 1 is 0.850 bits per heavy atom. The van der Waals surface area contributed by atoms with Crippen LogP contribution in [0.25, 0.3) is 0 Å². The first-order valence-corrected chi connectivity index (χ1v) is 13.5. The SMILES string of the molecule is Cc1c(O)c2c(c3c1OC1(O)C(C(=O)C(C)(C)C(=O)C1(C)C)C3c1ccccc1)OC(c1ccccc1)CC2=O. The Kier molecular flexibility index (Phi) is 5.59. The van der Waals surface area contributed by atoms with Gasteiger partial charge in [0.1, 0.15) is 28.9 Å². The zero-order chi connectivity index (χ0) is 28.8. The number of ketones is 3. The molecule has 206 valence electrons. The number of aromatic hydroxyl groups is 1. The maximum atomic E-state index is 14.2. The van der Waals surface area contributed by atoms with Crippen LogP contribution < -0.4 is 9.47 Å². The highest BCUT2D eigenvalue weighted by atomic mass is 16.6. The molecule has 1 saturated carbocycles. The number of hydrogen-bond donors (Lipinski definition) is 2. The van der Waals surface area contributed by atoms with Crippen LogP contribution in [0.5, 0.6) is 17.2 Å². The van der Waals surface area contributed by atoms with Crippen LogP contribution in [0.15, 0.2) is 60.7 Å². The minimum absolute atomic E-state index is 0.0283. The summed E-state index contributed by atoms with van der Waals surface area (Å²) in [6.07, 6.45) is -0.596. The summed E-state index contributed by atoms with van der Waals surface area (Å²) in [6.45, 7) is 7.94. The van der Waals surface area contributed by atoms with Crippen molar-refractivity contribution >= 4 is 17.3 Å². The highest BCUT2D eigenvalue weighted by Crippen LogP contribution is 2.63. The molecule has 1 fully saturated rings. The van der Waals surface area contributed by atoms with E-state index >= 15 is 0 Å². The molecule has 3 aromatic carbocycles. The highest BCUT2D eigenvalue weighted by molar-refractivity contribution is 6.13. The second-order valence-corrected chi connectivity index (χ2v) is 12.2. The van der Waals surface area contributed by atoms with Crippen molar-refractivity contribution < 1.29 is 34.1 Å². The lowest BCUT2D eigenvalue weighted by atomic mass is 9.51. The fraction of sp³-hybridized carbons (Fsp3) is 0.364. The summed E-state index contributed by atoms with van der Waals surface area (Å²) >= 11 is 0. The minimum Gasteiger partial charge on any atom is -0.507 e. The van der Waals surface area contributed by atoms with Gasteiger partial charge in [0.15, 0.2) is 17.3 Å². The molecule has 0 radical (unpaired) electrons. The maximum Gasteiger partial charge on any atom is 0.231 e. The molecule has 4 atom stereocenters. The quantitative estimate of drug-likeness (QED) is 0.417. The standard InChI is InChI=1S/C33H32O7/c1-17-26(35)23-20(34)16-21(18-12-8-6-9-13-18)39-28(23)24-22(19-14-10-7-11-15-19)25-29(36)31(2,3)30(37)32(4,5)33(25,38)40-27(17)24/h6-15,21-22,25,35,38H,16H2,1-5H3. The number of ether oxygens (including phenoxy) is 2. The number of benzene rings is 3. The molecule has 7 nitrogen and oxygen atoms in total. The monoisotopic (exact) mass is 540 g/mol. The number of aliphatic hydroxyl groups is 1. The summed E-state index contributed by atoms with van der Waals surface area (Å²) in [5.41, 5.74) is -0.718. The molecule has 0 spiro atoms. The van der Waals surface area contributed by atoms with E-state index < -0.39 is 46.1 Å². The molecule has 2 heterocycles. The smallest absolute Gasteiger partial charge is 0.231 e. The molecule has 0 aromatic heterocycles. The lowest BCUT2D eigenvalue weighted by Crippen LogP contribution is -2.71. The van der Waals surface area contributed by atoms with Crippen molar-refractivity contribution in [2.45, 2.75) is 58.8 Å². The maximum absolute atomic E-state index is 14.2. The second kappa shape index (κ2) is 8.51. The molecule has 3 aliphatic rings. The third-order valence-corrected chi connectivity index (χ3v) is 9.14. The van der Waals surface area contributed by atoms with E-state index in [2.05, 4.69) is 0 Å². The highest BCUT2D eigenvalue weighted by Gasteiger charge is 2.71. The van der Waals surface area contributed by atoms with Gasteiger partial charge in [-0.25, -0.2) is 0 Å². The van der Waals surface area contributed by atoms with Gasteiger partial charge in [0, 0.05) is 17.0 Å². The second-order valence-electron chi connectivity index (χ2n) is 12.2. The summed E-state index contributed by atoms with van der Waals surface area (Å²) in [7, 11) is 0. The molecule has 6 rings (SSSR count). The number of Topliss-reactive ketones (excluding diaryl/α,β-unsaturated/α-hetero) is 3. The summed E-state index contributed by atoms with van der Waals surface area (Å²) in [4.78, 5) is 41.5. The molecule has 0 amide bonds. The first kappa shape index (κ1) is 26.3. The Morgan fingerprint density at radius 2 is 1.43 bits per heavy atom. The van der Waals surface area contributed by atoms with Crippen LogP contribution >= 0.6 is 0 Å². The van der Waals surface area contributed by atoms with Gasteiger partial charge in [-0.15, -0.1) is 0 Å². The molecule has 4 unspecified atom stereocenters. The third kappa shape index (κ3) is 3.30. The lowest BCUT2D eigenvalue weighted by molar-refractivity contribution is -0.260. The minimum atomic E-state index is -2.23. The first-order chi connectivity index (χ1) is 18.8. The van der Waals surface area contributed by atoms with Gasteiger partial charge in [-0.1, -0.05) is 60.7 Å². The number of fused-ring (bicyclic) bond motifs is 4. The van der Waals surface area contributed by atoms with E-state index in [0.29, 0.717) is 11.1 Å². The normalized spacial score (nSPS) is 28.1. The van der Waals surface area contributed by atoms with Crippen LogP contribution in [0, 0.1) is 23.7 Å². The average Bonchev–Trinajstić information content (AvgIpc) is 2.94. The van der Waals surface area contributed by atoms with Crippen LogP contribution in [0.1, 0.15) is 78.7 Å². The Hall–Kier alpha value is -3.97. The van der Waals surface area contributed by atoms with E-state index in [-0.39, 0.29) is 40.6 Å². The Balaban J connectivity index is 1.69. The number of carbonyl (C=O) groups is 3. The van der Waals surface area contributed by atoms with Crippen LogP contribution in [0.2, 0.25) is 0 Å². The average molecular weight is 541 g/mol. The fourth-order valence-electron chi connectivity index (χ4n) is 6.87. The molecule has 7 heteroatoms. The molecule has 3 aromatic rings. The van der Waals surface area contributed by atoms with Gasteiger partial charge in [-0.3, -0.25) is 14.4 Å². The number of phenols is 1. The Morgan fingerprint density at radius 3 is 2.02 bits per heavy atom. The van der Waals surface area contributed by atoms with Crippen molar-refractivity contribution in [1.29, 1.82) is 0 Å². The van der Waals surface area contributed by atoms with Gasteiger partial charge in [-0.2, -0.15) is 0 Å². The van der Waals surface area contributed by atoms with Crippen molar-refractivity contribution in [2.75, 3.05) is 0 Å². The number of rotatable bonds is 2. The van der Waals surface area contributed by atoms with Gasteiger partial charge >= 0.3 is 0 Å². The van der Waals surface area contributed by atoms with Crippen molar-refractivity contribution in [3.8, 4) is 17.2 Å². The molecule has 0 saturated heterocycles. The van der Waals surface area contributed by atoms with E-state index in [1.54, 1.807) is 34.6 Å². The number of phenolic OH excluding ortho intramolecular Hbond substituents is 1. The molecule has 2 aliphatic heterocycles. The fourth-order valence-corrected chi connectivity index (χ4v) is 6.87. The largest absolute Gasteiger partial charge is 0.507 e. The van der Waals surface area contributed by atoms with Gasteiger partial charge in [0.2, 0.25) is 5.79 Å². The van der Waals surface area contributed by atoms with Crippen LogP contribution in [-0.4, -0.2) is 33.3 Å². The lowest BCUT2D eigenvalue weighted by Gasteiger charge is -2.57. The van der Waals surface area contributed by atoms with Gasteiger partial charge < -0.3 is 19.7 Å². The van der Waals surface area contributed by atoms with Gasteiger partial charge in [-0.05, 0) is 45.7 Å². The van der Waals surface area contributed by atoms with Crippen LogP contribution in [0.3, 0.4) is 0 Å². The topological polar surface area (TPSA) is 110 Å². The summed E-state index contributed by atoms with van der Waals surface area (Å²) in [6, 6.07) is 18.5. The first-order valence-electron chi connectivity index (χ1n) is 13.5. The van der Waals surface area contributed by atoms with E-state index in [9.17, 15) is 24.6 Å². The summed E-state index contributed by atoms with van der Waals surface area (Å²) < 4.78 is 12.9. The van der Waals surface area contributed by atoms with Gasteiger partial charge in [0.05, 0.1) is 23.2 Å². The zero-order valence-electron chi connectivity index (χ0n) is 23.1. The number of hydrogen-bond acceptors (Lipinski definition) is 7. The van der Waals surface area contributed by atoms with Gasteiger partial charge in [0.25, 0.3) is 0 Å². The zero-order valence-corrected chi connectivity index (χ0v) is 23.1. The van der Waals surface area contributed by atoms with Crippen LogP contribution in [-0.2, 0) is 9.59 Å². The van der Waals surface area contributed by atoms with Crippen molar-refractivity contribution in [3.05, 3.63) is 88.5 Å². The van der Waals surface area contributed by atoms with Crippen molar-refractivity contribution in [1.82, 2.24) is 0 Å². The van der Waals surface area contributed by atoms with E-state index in [1.807, 2.05) is 60.7 Å². The molecular weight excluding hydrogens is 508 g/mol.